The van der Waals surface area contributed by atoms with Gasteiger partial charge in [0.15, 0.2) is 0 Å². The molecule has 2 rings (SSSR count). The van der Waals surface area contributed by atoms with Crippen molar-refractivity contribution in [3.05, 3.63) is 29.1 Å². The van der Waals surface area contributed by atoms with Crippen LogP contribution in [0.4, 0.5) is 10.1 Å². The topological polar surface area (TPSA) is 38.0 Å². The van der Waals surface area contributed by atoms with E-state index >= 15 is 0 Å². The summed E-state index contributed by atoms with van der Waals surface area (Å²) in [6, 6.07) is 3.27. The fourth-order valence-corrected chi connectivity index (χ4v) is 2.02. The van der Waals surface area contributed by atoms with Gasteiger partial charge in [0.05, 0.1) is 0 Å². The number of nitrogens with two attached hydrogens (primary N) is 1. The number of benzene rings is 1. The first-order valence-electron chi connectivity index (χ1n) is 4.97. The lowest BCUT2D eigenvalue weighted by Crippen LogP contribution is -2.15. The summed E-state index contributed by atoms with van der Waals surface area (Å²) in [6.45, 7) is 2.84. The molecule has 3 N–H and O–H groups in total. The molecule has 0 bridgehead atoms. The molecule has 0 unspecified atom stereocenters. The molecule has 0 spiro atoms. The van der Waals surface area contributed by atoms with E-state index in [0.717, 1.165) is 36.2 Å². The number of halogens is 1. The Labute approximate surface area is 83.3 Å². The SMILES string of the molecule is Cc1cc(F)cc([C@@H]2CCCN2)c1N. The van der Waals surface area contributed by atoms with Crippen molar-refractivity contribution in [2.45, 2.75) is 25.8 Å². The number of hydrogen-bond acceptors (Lipinski definition) is 2. The van der Waals surface area contributed by atoms with E-state index in [0.29, 0.717) is 0 Å². The molecular weight excluding hydrogens is 179 g/mol. The molecule has 1 fully saturated rings. The van der Waals surface area contributed by atoms with E-state index in [-0.39, 0.29) is 11.9 Å². The van der Waals surface area contributed by atoms with E-state index in [9.17, 15) is 4.39 Å². The molecule has 1 aromatic rings. The maximum Gasteiger partial charge on any atom is 0.123 e. The largest absolute Gasteiger partial charge is 0.398 e. The molecule has 0 aromatic heterocycles. The quantitative estimate of drug-likeness (QED) is 0.672. The van der Waals surface area contributed by atoms with E-state index in [4.69, 9.17) is 5.73 Å². The second-order valence-electron chi connectivity index (χ2n) is 3.87. The molecule has 0 saturated carbocycles. The minimum Gasteiger partial charge on any atom is -0.398 e. The highest BCUT2D eigenvalue weighted by atomic mass is 19.1. The molecule has 1 heterocycles. The summed E-state index contributed by atoms with van der Waals surface area (Å²) >= 11 is 0. The van der Waals surface area contributed by atoms with Gasteiger partial charge in [-0.25, -0.2) is 4.39 Å². The second kappa shape index (κ2) is 3.58. The highest BCUT2D eigenvalue weighted by Crippen LogP contribution is 2.30. The summed E-state index contributed by atoms with van der Waals surface area (Å²) in [5.74, 6) is -0.194. The van der Waals surface area contributed by atoms with Crippen LogP contribution in [0.1, 0.15) is 30.0 Å². The highest BCUT2D eigenvalue weighted by Gasteiger charge is 2.19. The zero-order valence-corrected chi connectivity index (χ0v) is 8.31. The van der Waals surface area contributed by atoms with Gasteiger partial charge in [0.1, 0.15) is 5.82 Å². The van der Waals surface area contributed by atoms with Gasteiger partial charge in [-0.1, -0.05) is 0 Å². The number of rotatable bonds is 1. The van der Waals surface area contributed by atoms with Gasteiger partial charge >= 0.3 is 0 Å². The Balaban J connectivity index is 2.40. The fourth-order valence-electron chi connectivity index (χ4n) is 2.02. The smallest absolute Gasteiger partial charge is 0.123 e. The van der Waals surface area contributed by atoms with Crippen LogP contribution in [-0.2, 0) is 0 Å². The zero-order valence-electron chi connectivity index (χ0n) is 8.31. The Morgan fingerprint density at radius 1 is 1.50 bits per heavy atom. The number of nitrogen functional groups attached to an aromatic ring is 1. The Hall–Kier alpha value is -1.09. The maximum atomic E-state index is 13.2. The first kappa shape index (κ1) is 9.46. The summed E-state index contributed by atoms with van der Waals surface area (Å²) in [5.41, 5.74) is 8.40. The van der Waals surface area contributed by atoms with Crippen molar-refractivity contribution in [2.24, 2.45) is 0 Å². The summed E-state index contributed by atoms with van der Waals surface area (Å²) in [6.07, 6.45) is 2.19. The number of hydrogen-bond donors (Lipinski definition) is 2. The summed E-state index contributed by atoms with van der Waals surface area (Å²) < 4.78 is 13.2. The lowest BCUT2D eigenvalue weighted by molar-refractivity contribution is 0.606. The Bertz CT molecular complexity index is 343. The van der Waals surface area contributed by atoms with Gasteiger partial charge in [-0.15, -0.1) is 0 Å². The van der Waals surface area contributed by atoms with Gasteiger partial charge in [-0.05, 0) is 49.6 Å². The van der Waals surface area contributed by atoms with Gasteiger partial charge in [0.2, 0.25) is 0 Å². The van der Waals surface area contributed by atoms with Crippen LogP contribution in [0.5, 0.6) is 0 Å². The third kappa shape index (κ3) is 1.60. The van der Waals surface area contributed by atoms with Gasteiger partial charge < -0.3 is 11.1 Å². The molecule has 0 amide bonds. The fraction of sp³-hybridized carbons (Fsp3) is 0.455. The second-order valence-corrected chi connectivity index (χ2v) is 3.87. The molecule has 76 valence electrons. The van der Waals surface area contributed by atoms with E-state index in [2.05, 4.69) is 5.32 Å². The van der Waals surface area contributed by atoms with Gasteiger partial charge in [0.25, 0.3) is 0 Å². The van der Waals surface area contributed by atoms with E-state index in [1.54, 1.807) is 6.07 Å². The molecule has 2 nitrogen and oxygen atoms in total. The molecular formula is C11H15FN2. The van der Waals surface area contributed by atoms with Crippen LogP contribution in [0, 0.1) is 12.7 Å². The molecule has 0 aliphatic carbocycles. The minimum absolute atomic E-state index is 0.194. The minimum atomic E-state index is -0.194. The van der Waals surface area contributed by atoms with Crippen LogP contribution in [0.15, 0.2) is 12.1 Å². The third-order valence-corrected chi connectivity index (χ3v) is 2.82. The van der Waals surface area contributed by atoms with E-state index in [1.807, 2.05) is 6.92 Å². The average Bonchev–Trinajstić information content (AvgIpc) is 2.63. The molecule has 14 heavy (non-hydrogen) atoms. The van der Waals surface area contributed by atoms with Crippen LogP contribution in [-0.4, -0.2) is 6.54 Å². The third-order valence-electron chi connectivity index (χ3n) is 2.82. The van der Waals surface area contributed by atoms with Crippen LogP contribution < -0.4 is 11.1 Å². The molecule has 3 heteroatoms. The Kier molecular flexibility index (Phi) is 2.42. The first-order chi connectivity index (χ1) is 6.68. The van der Waals surface area contributed by atoms with Gasteiger partial charge in [-0.3, -0.25) is 0 Å². The lowest BCUT2D eigenvalue weighted by Gasteiger charge is -2.15. The summed E-state index contributed by atoms with van der Waals surface area (Å²) in [7, 11) is 0. The average molecular weight is 194 g/mol. The van der Waals surface area contributed by atoms with Crippen LogP contribution in [0.25, 0.3) is 0 Å². The molecule has 1 aromatic carbocycles. The summed E-state index contributed by atoms with van der Waals surface area (Å²) in [5, 5.41) is 3.32. The molecule has 0 radical (unpaired) electrons. The standard InChI is InChI=1S/C11H15FN2/c1-7-5-8(12)6-9(11(7)13)10-3-2-4-14-10/h5-6,10,14H,2-4,13H2,1H3/t10-/m0/s1. The lowest BCUT2D eigenvalue weighted by atomic mass is 10.00. The maximum absolute atomic E-state index is 13.2. The molecule has 1 saturated heterocycles. The molecule has 1 aliphatic rings. The number of nitrogens with one attached hydrogen (secondary N) is 1. The van der Waals surface area contributed by atoms with Gasteiger partial charge in [-0.2, -0.15) is 0 Å². The van der Waals surface area contributed by atoms with Crippen LogP contribution in [0.3, 0.4) is 0 Å². The highest BCUT2D eigenvalue weighted by molar-refractivity contribution is 5.55. The molecule has 1 atom stereocenters. The van der Waals surface area contributed by atoms with Crippen LogP contribution in [0.2, 0.25) is 0 Å². The normalized spacial score (nSPS) is 21.4. The molecule has 1 aliphatic heterocycles. The van der Waals surface area contributed by atoms with Crippen molar-refractivity contribution in [3.8, 4) is 0 Å². The summed E-state index contributed by atoms with van der Waals surface area (Å²) in [4.78, 5) is 0. The van der Waals surface area contributed by atoms with Crippen molar-refractivity contribution in [3.63, 3.8) is 0 Å². The predicted molar refractivity (Wildman–Crippen MR) is 55.5 cm³/mol. The first-order valence-corrected chi connectivity index (χ1v) is 4.97. The number of anilines is 1. The van der Waals surface area contributed by atoms with E-state index in [1.165, 1.54) is 6.07 Å². The van der Waals surface area contributed by atoms with E-state index < -0.39 is 0 Å². The monoisotopic (exact) mass is 194 g/mol. The van der Waals surface area contributed by atoms with Crippen molar-refractivity contribution < 1.29 is 4.39 Å². The van der Waals surface area contributed by atoms with Crippen molar-refractivity contribution in [2.75, 3.05) is 12.3 Å². The van der Waals surface area contributed by atoms with Crippen LogP contribution >= 0.6 is 0 Å². The Morgan fingerprint density at radius 2 is 2.29 bits per heavy atom. The van der Waals surface area contributed by atoms with Crippen molar-refractivity contribution in [1.29, 1.82) is 0 Å². The zero-order chi connectivity index (χ0) is 10.1. The predicted octanol–water partition coefficient (Wildman–Crippen LogP) is 2.14. The number of aryl methyl sites for hydroxylation is 1. The van der Waals surface area contributed by atoms with Gasteiger partial charge in [0, 0.05) is 11.7 Å². The Morgan fingerprint density at radius 3 is 2.93 bits per heavy atom. The van der Waals surface area contributed by atoms with Crippen molar-refractivity contribution in [1.82, 2.24) is 5.32 Å². The van der Waals surface area contributed by atoms with Crippen molar-refractivity contribution >= 4 is 5.69 Å².